The van der Waals surface area contributed by atoms with Crippen LogP contribution in [-0.4, -0.2) is 4.98 Å². The van der Waals surface area contributed by atoms with Gasteiger partial charge < -0.3 is 4.42 Å². The number of para-hydroxylation sites is 2. The van der Waals surface area contributed by atoms with Crippen LogP contribution in [0.4, 0.5) is 0 Å². The van der Waals surface area contributed by atoms with Gasteiger partial charge in [0, 0.05) is 27.9 Å². The van der Waals surface area contributed by atoms with Gasteiger partial charge in [-0.05, 0) is 40.8 Å². The van der Waals surface area contributed by atoms with Crippen molar-refractivity contribution in [2.24, 2.45) is 0 Å². The van der Waals surface area contributed by atoms with Crippen molar-refractivity contribution < 1.29 is 4.42 Å². The Balaban J connectivity index is 1.70. The van der Waals surface area contributed by atoms with Crippen LogP contribution in [0.15, 0.2) is 89.5 Å². The fourth-order valence-electron chi connectivity index (χ4n) is 4.49. The zero-order valence-corrected chi connectivity index (χ0v) is 18.5. The van der Waals surface area contributed by atoms with Crippen molar-refractivity contribution in [3.63, 3.8) is 0 Å². The second-order valence-corrected chi connectivity index (χ2v) is 9.08. The Hall–Kier alpha value is -3.39. The van der Waals surface area contributed by atoms with E-state index in [4.69, 9.17) is 9.40 Å². The van der Waals surface area contributed by atoms with Crippen LogP contribution in [0.5, 0.6) is 0 Å². The second-order valence-electron chi connectivity index (χ2n) is 9.08. The van der Waals surface area contributed by atoms with Gasteiger partial charge in [0.25, 0.3) is 0 Å². The van der Waals surface area contributed by atoms with Crippen LogP contribution in [0.25, 0.3) is 33.2 Å². The molecule has 2 heterocycles. The molecule has 0 bridgehead atoms. The predicted octanol–water partition coefficient (Wildman–Crippen LogP) is 8.10. The largest absolute Gasteiger partial charge is 0.455 e. The van der Waals surface area contributed by atoms with Crippen LogP contribution < -0.4 is 0 Å². The highest BCUT2D eigenvalue weighted by Gasteiger charge is 2.24. The first-order valence-corrected chi connectivity index (χ1v) is 10.9. The van der Waals surface area contributed by atoms with Crippen molar-refractivity contribution >= 4 is 21.9 Å². The van der Waals surface area contributed by atoms with Gasteiger partial charge in [-0.2, -0.15) is 0 Å². The van der Waals surface area contributed by atoms with Crippen molar-refractivity contribution in [1.82, 2.24) is 4.98 Å². The molecule has 0 saturated carbocycles. The maximum atomic E-state index is 6.50. The quantitative estimate of drug-likeness (QED) is 0.302. The lowest BCUT2D eigenvalue weighted by Crippen LogP contribution is -2.18. The standard InChI is InChI=1S/C29H27NO/c1-19(2)22-12-8-13-23-24-14-9-15-25(28(24)31-27(22)23)26-18-21(16-17-30-26)29(3,4)20-10-6-5-7-11-20/h5-19H,1-4H3. The first-order chi connectivity index (χ1) is 15.0. The van der Waals surface area contributed by atoms with Crippen LogP contribution in [0.3, 0.4) is 0 Å². The Morgan fingerprint density at radius 2 is 1.45 bits per heavy atom. The molecule has 0 aliphatic heterocycles. The molecule has 0 saturated heterocycles. The Morgan fingerprint density at radius 1 is 0.742 bits per heavy atom. The average Bonchev–Trinajstić information content (AvgIpc) is 3.18. The molecule has 0 radical (unpaired) electrons. The normalized spacial score (nSPS) is 12.2. The number of furan rings is 1. The highest BCUT2D eigenvalue weighted by Crippen LogP contribution is 2.39. The van der Waals surface area contributed by atoms with Crippen LogP contribution in [0.1, 0.15) is 50.3 Å². The minimum atomic E-state index is -0.120. The van der Waals surface area contributed by atoms with E-state index in [1.165, 1.54) is 22.1 Å². The van der Waals surface area contributed by atoms with Crippen LogP contribution in [0.2, 0.25) is 0 Å². The Labute approximate surface area is 183 Å². The summed E-state index contributed by atoms with van der Waals surface area (Å²) in [6.45, 7) is 8.94. The zero-order chi connectivity index (χ0) is 21.6. The van der Waals surface area contributed by atoms with Crippen molar-refractivity contribution in [3.8, 4) is 11.3 Å². The van der Waals surface area contributed by atoms with Crippen molar-refractivity contribution in [2.75, 3.05) is 0 Å². The summed E-state index contributed by atoms with van der Waals surface area (Å²) in [5, 5.41) is 2.31. The van der Waals surface area contributed by atoms with Gasteiger partial charge in [-0.15, -0.1) is 0 Å². The molecule has 0 atom stereocenters. The highest BCUT2D eigenvalue weighted by atomic mass is 16.3. The summed E-state index contributed by atoms with van der Waals surface area (Å²) in [4.78, 5) is 4.73. The molecule has 0 spiro atoms. The topological polar surface area (TPSA) is 26.0 Å². The maximum Gasteiger partial charge on any atom is 0.144 e. The minimum Gasteiger partial charge on any atom is -0.455 e. The smallest absolute Gasteiger partial charge is 0.144 e. The number of benzene rings is 3. The third-order valence-electron chi connectivity index (χ3n) is 6.43. The molecule has 0 aliphatic rings. The fraction of sp³-hybridized carbons (Fsp3) is 0.207. The number of hydrogen-bond donors (Lipinski definition) is 0. The van der Waals surface area contributed by atoms with Gasteiger partial charge >= 0.3 is 0 Å². The second kappa shape index (κ2) is 7.39. The summed E-state index contributed by atoms with van der Waals surface area (Å²) in [5.74, 6) is 0.404. The first-order valence-electron chi connectivity index (χ1n) is 10.9. The molecule has 2 nitrogen and oxygen atoms in total. The van der Waals surface area contributed by atoms with Gasteiger partial charge in [-0.1, -0.05) is 88.4 Å². The predicted molar refractivity (Wildman–Crippen MR) is 130 cm³/mol. The monoisotopic (exact) mass is 405 g/mol. The molecule has 0 unspecified atom stereocenters. The molecule has 0 fully saturated rings. The van der Waals surface area contributed by atoms with Crippen LogP contribution in [0, 0.1) is 0 Å². The molecule has 154 valence electrons. The van der Waals surface area contributed by atoms with E-state index in [0.29, 0.717) is 5.92 Å². The zero-order valence-electron chi connectivity index (χ0n) is 18.5. The van der Waals surface area contributed by atoms with Gasteiger partial charge in [-0.25, -0.2) is 0 Å². The van der Waals surface area contributed by atoms with E-state index in [9.17, 15) is 0 Å². The minimum absolute atomic E-state index is 0.120. The van der Waals surface area contributed by atoms with Crippen LogP contribution >= 0.6 is 0 Å². The molecule has 2 aromatic heterocycles. The lowest BCUT2D eigenvalue weighted by atomic mass is 9.78. The third kappa shape index (κ3) is 3.23. The number of rotatable bonds is 4. The Kier molecular flexibility index (Phi) is 4.66. The molecule has 3 aromatic carbocycles. The first kappa shape index (κ1) is 19.6. The van der Waals surface area contributed by atoms with E-state index in [-0.39, 0.29) is 5.41 Å². The third-order valence-corrected chi connectivity index (χ3v) is 6.43. The van der Waals surface area contributed by atoms with Crippen molar-refractivity contribution in [1.29, 1.82) is 0 Å². The van der Waals surface area contributed by atoms with Gasteiger partial charge in [-0.3, -0.25) is 4.98 Å². The number of fused-ring (bicyclic) bond motifs is 3. The molecule has 5 rings (SSSR count). The van der Waals surface area contributed by atoms with E-state index in [2.05, 4.69) is 107 Å². The maximum absolute atomic E-state index is 6.50. The lowest BCUT2D eigenvalue weighted by molar-refractivity contribution is 0.639. The van der Waals surface area contributed by atoms with Gasteiger partial charge in [0.15, 0.2) is 0 Å². The molecule has 31 heavy (non-hydrogen) atoms. The molecular formula is C29H27NO. The lowest BCUT2D eigenvalue weighted by Gasteiger charge is -2.26. The summed E-state index contributed by atoms with van der Waals surface area (Å²) in [6, 6.07) is 27.8. The van der Waals surface area contributed by atoms with Crippen molar-refractivity contribution in [2.45, 2.75) is 39.0 Å². The number of nitrogens with zero attached hydrogens (tertiary/aromatic N) is 1. The average molecular weight is 406 g/mol. The van der Waals surface area contributed by atoms with E-state index in [1.807, 2.05) is 6.20 Å². The number of pyridine rings is 1. The molecule has 0 aliphatic carbocycles. The Morgan fingerprint density at radius 3 is 2.19 bits per heavy atom. The summed E-state index contributed by atoms with van der Waals surface area (Å²) in [6.07, 6.45) is 1.91. The molecular weight excluding hydrogens is 378 g/mol. The number of hydrogen-bond acceptors (Lipinski definition) is 2. The van der Waals surface area contributed by atoms with E-state index >= 15 is 0 Å². The van der Waals surface area contributed by atoms with E-state index < -0.39 is 0 Å². The summed E-state index contributed by atoms with van der Waals surface area (Å²) < 4.78 is 6.50. The summed E-state index contributed by atoms with van der Waals surface area (Å²) >= 11 is 0. The molecule has 0 amide bonds. The molecule has 0 N–H and O–H groups in total. The van der Waals surface area contributed by atoms with Crippen molar-refractivity contribution in [3.05, 3.63) is 102 Å². The molecule has 2 heteroatoms. The van der Waals surface area contributed by atoms with Gasteiger partial charge in [0.1, 0.15) is 11.2 Å². The number of aromatic nitrogens is 1. The summed E-state index contributed by atoms with van der Waals surface area (Å²) in [7, 11) is 0. The van der Waals surface area contributed by atoms with Gasteiger partial charge in [0.05, 0.1) is 5.69 Å². The van der Waals surface area contributed by atoms with Gasteiger partial charge in [0.2, 0.25) is 0 Å². The van der Waals surface area contributed by atoms with E-state index in [1.54, 1.807) is 0 Å². The fourth-order valence-corrected chi connectivity index (χ4v) is 4.49. The SMILES string of the molecule is CC(C)c1cccc2c1oc1c(-c3cc(C(C)(C)c4ccccc4)ccn3)cccc12. The highest BCUT2D eigenvalue weighted by molar-refractivity contribution is 6.10. The molecule has 5 aromatic rings. The van der Waals surface area contributed by atoms with E-state index in [0.717, 1.165) is 27.8 Å². The summed E-state index contributed by atoms with van der Waals surface area (Å²) in [5.41, 5.74) is 7.52. The van der Waals surface area contributed by atoms with Crippen LogP contribution in [-0.2, 0) is 5.41 Å². The Bertz CT molecular complexity index is 1380.